The van der Waals surface area contributed by atoms with Crippen molar-refractivity contribution >= 4 is 17.7 Å². The summed E-state index contributed by atoms with van der Waals surface area (Å²) in [5.41, 5.74) is 3.27. The van der Waals surface area contributed by atoms with Gasteiger partial charge in [-0.3, -0.25) is 4.79 Å². The number of aromatic amines is 1. The molecule has 0 saturated carbocycles. The van der Waals surface area contributed by atoms with E-state index in [4.69, 9.17) is 4.74 Å². The molecule has 0 bridgehead atoms. The van der Waals surface area contributed by atoms with E-state index in [2.05, 4.69) is 40.5 Å². The fourth-order valence-corrected chi connectivity index (χ4v) is 4.81. The fourth-order valence-electron chi connectivity index (χ4n) is 4.81. The highest BCUT2D eigenvalue weighted by atomic mass is 19.2. The molecular weight excluding hydrogens is 520 g/mol. The molecule has 0 radical (unpaired) electrons. The Morgan fingerprint density at radius 1 is 1.07 bits per heavy atom. The number of halogens is 2. The highest BCUT2D eigenvalue weighted by Crippen LogP contribution is 2.30. The van der Waals surface area contributed by atoms with Gasteiger partial charge in [-0.2, -0.15) is 0 Å². The lowest BCUT2D eigenvalue weighted by molar-refractivity contribution is -0.157. The van der Waals surface area contributed by atoms with Crippen LogP contribution in [0.25, 0.3) is 11.4 Å². The second-order valence-electron chi connectivity index (χ2n) is 11.3. The monoisotopic (exact) mass is 549 g/mol. The van der Waals surface area contributed by atoms with E-state index >= 15 is 0 Å². The number of benzene rings is 1. The van der Waals surface area contributed by atoms with Crippen LogP contribution in [0.4, 0.5) is 20.5 Å². The molecule has 1 aliphatic carbocycles. The van der Waals surface area contributed by atoms with Gasteiger partial charge in [-0.1, -0.05) is 5.21 Å². The predicted molar refractivity (Wildman–Crippen MR) is 141 cm³/mol. The summed E-state index contributed by atoms with van der Waals surface area (Å²) in [5.74, 6) is -0.418. The van der Waals surface area contributed by atoms with Crippen molar-refractivity contribution in [3.05, 3.63) is 65.4 Å². The first kappa shape index (κ1) is 25.8. The molecule has 0 unspecified atom stereocenters. The van der Waals surface area contributed by atoms with Crippen LogP contribution in [0.5, 0.6) is 0 Å². The molecule has 4 aromatic rings. The zero-order valence-electron chi connectivity index (χ0n) is 22.4. The third-order valence-electron chi connectivity index (χ3n) is 7.11. The molecule has 208 valence electrons. The number of hydrogen-bond acceptors (Lipinski definition) is 9. The summed E-state index contributed by atoms with van der Waals surface area (Å²) in [6.45, 7) is 6.88. The Balaban J connectivity index is 1.01. The maximum Gasteiger partial charge on any atom is 0.313 e. The van der Waals surface area contributed by atoms with Gasteiger partial charge >= 0.3 is 5.97 Å². The first-order chi connectivity index (χ1) is 19.1. The van der Waals surface area contributed by atoms with Gasteiger partial charge in [0.25, 0.3) is 0 Å². The van der Waals surface area contributed by atoms with Crippen LogP contribution in [0, 0.1) is 17.0 Å². The first-order valence-electron chi connectivity index (χ1n) is 13.1. The molecule has 11 nitrogen and oxygen atoms in total. The van der Waals surface area contributed by atoms with Gasteiger partial charge in [0.2, 0.25) is 5.95 Å². The Morgan fingerprint density at radius 2 is 1.80 bits per heavy atom. The number of rotatable bonds is 7. The Morgan fingerprint density at radius 3 is 2.45 bits per heavy atom. The van der Waals surface area contributed by atoms with Crippen molar-refractivity contribution in [3.63, 3.8) is 0 Å². The number of hydrogen-bond donors (Lipinski definition) is 2. The van der Waals surface area contributed by atoms with Crippen LogP contribution in [0.15, 0.2) is 36.9 Å². The summed E-state index contributed by atoms with van der Waals surface area (Å²) in [6.07, 6.45) is 8.01. The summed E-state index contributed by atoms with van der Waals surface area (Å²) in [5, 5.41) is 11.6. The molecule has 40 heavy (non-hydrogen) atoms. The van der Waals surface area contributed by atoms with Crippen molar-refractivity contribution in [1.82, 2.24) is 34.9 Å². The number of nitrogens with zero attached hydrogens (tertiary/aromatic N) is 7. The van der Waals surface area contributed by atoms with Gasteiger partial charge in [-0.05, 0) is 56.9 Å². The van der Waals surface area contributed by atoms with Crippen LogP contribution < -0.4 is 10.2 Å². The molecule has 2 N–H and O–H groups in total. The molecule has 1 fully saturated rings. The van der Waals surface area contributed by atoms with E-state index in [0.29, 0.717) is 24.4 Å². The van der Waals surface area contributed by atoms with E-state index in [1.165, 1.54) is 16.8 Å². The second kappa shape index (κ2) is 9.96. The lowest BCUT2D eigenvalue weighted by atomic mass is 9.97. The Kier molecular flexibility index (Phi) is 6.43. The van der Waals surface area contributed by atoms with Gasteiger partial charge in [0.05, 0.1) is 41.6 Å². The number of carbonyl (C=O) groups excluding carboxylic acids is 1. The van der Waals surface area contributed by atoms with Crippen molar-refractivity contribution in [2.24, 2.45) is 5.41 Å². The average Bonchev–Trinajstić information content (AvgIpc) is 3.63. The third kappa shape index (κ3) is 5.23. The van der Waals surface area contributed by atoms with Crippen molar-refractivity contribution in [1.29, 1.82) is 0 Å². The quantitative estimate of drug-likeness (QED) is 0.333. The number of imidazole rings is 1. The minimum atomic E-state index is -0.820. The van der Waals surface area contributed by atoms with Gasteiger partial charge in [-0.25, -0.2) is 28.4 Å². The molecule has 6 rings (SSSR count). The minimum Gasteiger partial charge on any atom is -0.442 e. The molecule has 1 aliphatic heterocycles. The average molecular weight is 550 g/mol. The van der Waals surface area contributed by atoms with Crippen molar-refractivity contribution in [2.75, 3.05) is 23.3 Å². The van der Waals surface area contributed by atoms with Crippen molar-refractivity contribution in [3.8, 4) is 11.4 Å². The number of H-pyrrole nitrogens is 1. The molecule has 13 heteroatoms. The molecular formula is C27H29F2N9O2. The number of anilines is 2. The molecule has 0 atom stereocenters. The van der Waals surface area contributed by atoms with E-state index in [-0.39, 0.29) is 24.7 Å². The van der Waals surface area contributed by atoms with Crippen LogP contribution in [-0.2, 0) is 29.1 Å². The standard InChI is InChI=1S/C27H29F2N9O2/c1-27(2,3)25(39)40-14-38-13-23(35-36-38)17-11-37(12-17)26-32-9-22(34-26)21-8-31-24(10-30-21)33-18-4-15-6-19(28)20(29)7-16(15)5-18/h6-10,13,17-18H,4-5,11-12,14H2,1-3H3,(H,31,33)(H,32,34). The molecule has 2 aliphatic rings. The smallest absolute Gasteiger partial charge is 0.313 e. The highest BCUT2D eigenvalue weighted by Gasteiger charge is 2.32. The Bertz CT molecular complexity index is 1510. The number of ether oxygens (including phenoxy) is 1. The van der Waals surface area contributed by atoms with E-state index in [1.807, 2.05) is 0 Å². The van der Waals surface area contributed by atoms with Gasteiger partial charge in [0.1, 0.15) is 11.5 Å². The van der Waals surface area contributed by atoms with Crippen LogP contribution in [0.2, 0.25) is 0 Å². The zero-order valence-corrected chi connectivity index (χ0v) is 22.4. The van der Waals surface area contributed by atoms with Crippen LogP contribution in [-0.4, -0.2) is 60.0 Å². The summed E-state index contributed by atoms with van der Waals surface area (Å²) in [7, 11) is 0. The number of nitrogens with one attached hydrogen (secondary N) is 2. The normalized spacial score (nSPS) is 15.7. The van der Waals surface area contributed by atoms with Gasteiger partial charge in [0, 0.05) is 25.0 Å². The van der Waals surface area contributed by atoms with E-state index in [1.54, 1.807) is 45.6 Å². The summed E-state index contributed by atoms with van der Waals surface area (Å²) < 4.78 is 33.9. The minimum absolute atomic E-state index is 0.00503. The largest absolute Gasteiger partial charge is 0.442 e. The summed E-state index contributed by atoms with van der Waals surface area (Å²) in [6, 6.07) is 2.54. The molecule has 1 saturated heterocycles. The number of aromatic nitrogens is 7. The fraction of sp³-hybridized carbons (Fsp3) is 0.407. The number of esters is 1. The van der Waals surface area contributed by atoms with Gasteiger partial charge in [-0.15, -0.1) is 5.10 Å². The van der Waals surface area contributed by atoms with Gasteiger partial charge in [0.15, 0.2) is 18.4 Å². The maximum absolute atomic E-state index is 13.5. The molecule has 4 heterocycles. The number of carbonyl (C=O) groups is 1. The Labute approximate surface area is 229 Å². The Hall–Kier alpha value is -4.42. The van der Waals surface area contributed by atoms with Gasteiger partial charge < -0.3 is 19.9 Å². The van der Waals surface area contributed by atoms with E-state index < -0.39 is 17.0 Å². The maximum atomic E-state index is 13.5. The second-order valence-corrected chi connectivity index (χ2v) is 11.3. The molecule has 0 amide bonds. The number of fused-ring (bicyclic) bond motifs is 1. The lowest BCUT2D eigenvalue weighted by Crippen LogP contribution is -2.45. The van der Waals surface area contributed by atoms with Crippen molar-refractivity contribution < 1.29 is 18.3 Å². The molecule has 0 spiro atoms. The third-order valence-corrected chi connectivity index (χ3v) is 7.11. The van der Waals surface area contributed by atoms with Crippen molar-refractivity contribution in [2.45, 2.75) is 52.3 Å². The van der Waals surface area contributed by atoms with E-state index in [9.17, 15) is 13.6 Å². The van der Waals surface area contributed by atoms with Crippen LogP contribution in [0.3, 0.4) is 0 Å². The summed E-state index contributed by atoms with van der Waals surface area (Å²) in [4.78, 5) is 30.8. The lowest BCUT2D eigenvalue weighted by Gasteiger charge is -2.37. The summed E-state index contributed by atoms with van der Waals surface area (Å²) >= 11 is 0. The van der Waals surface area contributed by atoms with Crippen LogP contribution >= 0.6 is 0 Å². The topological polar surface area (TPSA) is 127 Å². The molecule has 1 aromatic carbocycles. The van der Waals surface area contributed by atoms with Crippen LogP contribution in [0.1, 0.15) is 43.5 Å². The van der Waals surface area contributed by atoms with E-state index in [0.717, 1.165) is 41.6 Å². The highest BCUT2D eigenvalue weighted by molar-refractivity contribution is 5.75. The first-order valence-corrected chi connectivity index (χ1v) is 13.1. The SMILES string of the molecule is CC(C)(C)C(=O)OCn1cc(C2CN(c3ncc(-c4cnc(NC5Cc6cc(F)c(F)cc6C5)cn4)[nH]3)C2)nn1. The predicted octanol–water partition coefficient (Wildman–Crippen LogP) is 3.47. The zero-order chi connectivity index (χ0) is 28.0. The molecule has 3 aromatic heterocycles.